The summed E-state index contributed by atoms with van der Waals surface area (Å²) in [5, 5.41) is 2.70. The lowest BCUT2D eigenvalue weighted by atomic mass is 9.82. The first kappa shape index (κ1) is 21.2. The number of hydrogen-bond donors (Lipinski definition) is 0. The van der Waals surface area contributed by atoms with E-state index in [1.54, 1.807) is 0 Å². The van der Waals surface area contributed by atoms with Gasteiger partial charge in [0.1, 0.15) is 0 Å². The van der Waals surface area contributed by atoms with Gasteiger partial charge in [-0.2, -0.15) is 0 Å². The van der Waals surface area contributed by atoms with Gasteiger partial charge in [0.05, 0.1) is 0 Å². The molecule has 0 heteroatoms. The topological polar surface area (TPSA) is 0 Å². The molecule has 0 amide bonds. The van der Waals surface area contributed by atoms with Crippen LogP contribution in [0.25, 0.3) is 27.5 Å². The van der Waals surface area contributed by atoms with Crippen molar-refractivity contribution in [2.75, 3.05) is 0 Å². The van der Waals surface area contributed by atoms with Crippen molar-refractivity contribution in [3.8, 4) is 11.1 Å². The fourth-order valence-electron chi connectivity index (χ4n) is 6.03. The molecule has 2 atom stereocenters. The molecule has 0 heterocycles. The number of benzene rings is 4. The Morgan fingerprint density at radius 3 is 2.21 bits per heavy atom. The van der Waals surface area contributed by atoms with Crippen molar-refractivity contribution in [1.82, 2.24) is 0 Å². The average molecular weight is 441 g/mol. The van der Waals surface area contributed by atoms with Crippen LogP contribution in [0.4, 0.5) is 0 Å². The van der Waals surface area contributed by atoms with Crippen LogP contribution in [-0.4, -0.2) is 0 Å². The van der Waals surface area contributed by atoms with Gasteiger partial charge in [-0.25, -0.2) is 0 Å². The Morgan fingerprint density at radius 1 is 0.706 bits per heavy atom. The summed E-state index contributed by atoms with van der Waals surface area (Å²) in [4.78, 5) is 0. The SMILES string of the molecule is CC1C=C(C(C)(C)C)C=C1c1cccc2c1C(Cc1cccc3ccccc13)c1ccccc1-2. The van der Waals surface area contributed by atoms with Gasteiger partial charge in [0.15, 0.2) is 0 Å². The molecule has 4 aromatic carbocycles. The largest absolute Gasteiger partial charge is 0.0735 e. The molecule has 0 spiro atoms. The lowest BCUT2D eigenvalue weighted by Gasteiger charge is -2.21. The minimum absolute atomic E-state index is 0.166. The molecule has 0 N–H and O–H groups in total. The van der Waals surface area contributed by atoms with Crippen molar-refractivity contribution in [2.45, 2.75) is 40.0 Å². The zero-order valence-electron chi connectivity index (χ0n) is 20.6. The third-order valence-corrected chi connectivity index (χ3v) is 7.79. The second-order valence-corrected chi connectivity index (χ2v) is 11.0. The van der Waals surface area contributed by atoms with Crippen LogP contribution in [0.1, 0.15) is 55.9 Å². The maximum atomic E-state index is 2.47. The molecule has 0 radical (unpaired) electrons. The third-order valence-electron chi connectivity index (χ3n) is 7.79. The van der Waals surface area contributed by atoms with Crippen LogP contribution in [0, 0.1) is 11.3 Å². The van der Waals surface area contributed by atoms with Gasteiger partial charge in [-0.15, -0.1) is 0 Å². The van der Waals surface area contributed by atoms with E-state index in [0.717, 1.165) is 6.42 Å². The second-order valence-electron chi connectivity index (χ2n) is 11.0. The number of allylic oxidation sites excluding steroid dienone is 4. The van der Waals surface area contributed by atoms with Crippen LogP contribution in [0.5, 0.6) is 0 Å². The van der Waals surface area contributed by atoms with Crippen LogP contribution >= 0.6 is 0 Å². The normalized spacial score (nSPS) is 19.1. The highest BCUT2D eigenvalue weighted by Crippen LogP contribution is 2.51. The number of rotatable bonds is 3. The van der Waals surface area contributed by atoms with Crippen molar-refractivity contribution in [3.63, 3.8) is 0 Å². The minimum atomic E-state index is 0.166. The smallest absolute Gasteiger partial charge is 0.0148 e. The van der Waals surface area contributed by atoms with Crippen molar-refractivity contribution in [3.05, 3.63) is 125 Å². The Bertz CT molecular complexity index is 1470. The zero-order chi connectivity index (χ0) is 23.4. The van der Waals surface area contributed by atoms with Gasteiger partial charge >= 0.3 is 0 Å². The second kappa shape index (κ2) is 7.84. The fourth-order valence-corrected chi connectivity index (χ4v) is 6.03. The Balaban J connectivity index is 1.52. The molecule has 34 heavy (non-hydrogen) atoms. The van der Waals surface area contributed by atoms with Crippen molar-refractivity contribution < 1.29 is 0 Å². The first-order valence-electron chi connectivity index (χ1n) is 12.5. The summed E-state index contributed by atoms with van der Waals surface area (Å²) in [6, 6.07) is 31.6. The molecule has 168 valence electrons. The molecule has 2 unspecified atom stereocenters. The lowest BCUT2D eigenvalue weighted by Crippen LogP contribution is -2.06. The summed E-state index contributed by atoms with van der Waals surface area (Å²) >= 11 is 0. The highest BCUT2D eigenvalue weighted by molar-refractivity contribution is 5.89. The molecular formula is C34H32. The third kappa shape index (κ3) is 3.36. The van der Waals surface area contributed by atoms with Crippen LogP contribution in [-0.2, 0) is 6.42 Å². The van der Waals surface area contributed by atoms with Crippen molar-refractivity contribution >= 4 is 16.3 Å². The Hall–Kier alpha value is -3.38. The summed E-state index contributed by atoms with van der Waals surface area (Å²) in [6.45, 7) is 9.31. The van der Waals surface area contributed by atoms with Gasteiger partial charge in [0.25, 0.3) is 0 Å². The van der Waals surface area contributed by atoms with Gasteiger partial charge in [-0.05, 0) is 67.1 Å². The van der Waals surface area contributed by atoms with Crippen LogP contribution in [0.15, 0.2) is 103 Å². The van der Waals surface area contributed by atoms with Gasteiger partial charge in [0.2, 0.25) is 0 Å². The summed E-state index contributed by atoms with van der Waals surface area (Å²) in [5.74, 6) is 0.794. The first-order chi connectivity index (χ1) is 16.4. The summed E-state index contributed by atoms with van der Waals surface area (Å²) in [5.41, 5.74) is 11.7. The van der Waals surface area contributed by atoms with E-state index in [1.165, 1.54) is 55.3 Å². The van der Waals surface area contributed by atoms with E-state index in [4.69, 9.17) is 0 Å². The molecule has 6 rings (SSSR count). The fraction of sp³-hybridized carbons (Fsp3) is 0.235. The molecular weight excluding hydrogens is 408 g/mol. The molecule has 0 saturated carbocycles. The first-order valence-corrected chi connectivity index (χ1v) is 12.5. The maximum Gasteiger partial charge on any atom is 0.0148 e. The number of fused-ring (bicyclic) bond motifs is 4. The Labute approximate surface area is 203 Å². The summed E-state index contributed by atoms with van der Waals surface area (Å²) in [6.07, 6.45) is 5.96. The molecule has 0 bridgehead atoms. The zero-order valence-corrected chi connectivity index (χ0v) is 20.6. The molecule has 0 saturated heterocycles. The predicted molar refractivity (Wildman–Crippen MR) is 146 cm³/mol. The van der Waals surface area contributed by atoms with Crippen LogP contribution in [0.2, 0.25) is 0 Å². The Morgan fingerprint density at radius 2 is 1.38 bits per heavy atom. The van der Waals surface area contributed by atoms with Crippen LogP contribution in [0.3, 0.4) is 0 Å². The van der Waals surface area contributed by atoms with E-state index in [-0.39, 0.29) is 5.41 Å². The van der Waals surface area contributed by atoms with E-state index in [1.807, 2.05) is 0 Å². The van der Waals surface area contributed by atoms with Crippen molar-refractivity contribution in [2.24, 2.45) is 11.3 Å². The minimum Gasteiger partial charge on any atom is -0.0735 e. The molecule has 0 aromatic heterocycles. The monoisotopic (exact) mass is 440 g/mol. The van der Waals surface area contributed by atoms with Gasteiger partial charge < -0.3 is 0 Å². The molecule has 2 aliphatic carbocycles. The molecule has 0 nitrogen and oxygen atoms in total. The van der Waals surface area contributed by atoms with Gasteiger partial charge in [-0.1, -0.05) is 125 Å². The van der Waals surface area contributed by atoms with Crippen LogP contribution < -0.4 is 0 Å². The maximum absolute atomic E-state index is 2.47. The highest BCUT2D eigenvalue weighted by Gasteiger charge is 2.33. The van der Waals surface area contributed by atoms with E-state index in [0.29, 0.717) is 11.8 Å². The Kier molecular flexibility index (Phi) is 4.88. The van der Waals surface area contributed by atoms with E-state index in [9.17, 15) is 0 Å². The average Bonchev–Trinajstić information content (AvgIpc) is 3.38. The van der Waals surface area contributed by atoms with E-state index >= 15 is 0 Å². The summed E-state index contributed by atoms with van der Waals surface area (Å²) in [7, 11) is 0. The quantitative estimate of drug-likeness (QED) is 0.298. The molecule has 0 aliphatic heterocycles. The van der Waals surface area contributed by atoms with E-state index < -0.39 is 0 Å². The molecule has 4 aromatic rings. The predicted octanol–water partition coefficient (Wildman–Crippen LogP) is 9.20. The standard InChI is InChI=1S/C34H32/c1-22-19-25(34(2,3)4)21-31(22)30-18-10-17-29-27-15-7-8-16-28(27)32(33(29)30)20-24-13-9-12-23-11-5-6-14-26(23)24/h5-19,21-22,32H,20H2,1-4H3. The lowest BCUT2D eigenvalue weighted by molar-refractivity contribution is 0.516. The van der Waals surface area contributed by atoms with E-state index in [2.05, 4.69) is 125 Å². The molecule has 2 aliphatic rings. The highest BCUT2D eigenvalue weighted by atomic mass is 14.4. The molecule has 0 fully saturated rings. The number of hydrogen-bond acceptors (Lipinski definition) is 0. The summed E-state index contributed by atoms with van der Waals surface area (Å²) < 4.78 is 0. The van der Waals surface area contributed by atoms with Gasteiger partial charge in [-0.3, -0.25) is 0 Å². The van der Waals surface area contributed by atoms with Crippen molar-refractivity contribution in [1.29, 1.82) is 0 Å². The van der Waals surface area contributed by atoms with Gasteiger partial charge in [0, 0.05) is 11.8 Å².